The number of halogens is 2. The number of carbonyl (C=O) groups excluding carboxylic acids is 1. The lowest BCUT2D eigenvalue weighted by Gasteiger charge is -2.38. The van der Waals surface area contributed by atoms with Gasteiger partial charge in [0.2, 0.25) is 0 Å². The van der Waals surface area contributed by atoms with Crippen LogP contribution in [0.15, 0.2) is 22.7 Å². The predicted molar refractivity (Wildman–Crippen MR) is 64.8 cm³/mol. The minimum absolute atomic E-state index is 0.0306. The predicted octanol–water partition coefficient (Wildman–Crippen LogP) is 2.53. The molecule has 1 amide bonds. The van der Waals surface area contributed by atoms with Crippen LogP contribution in [0.2, 0.25) is 0 Å². The molecule has 0 unspecified atom stereocenters. The molecular formula is C12H14BrFNO2-. The molecule has 0 aliphatic heterocycles. The van der Waals surface area contributed by atoms with Crippen molar-refractivity contribution in [3.8, 4) is 0 Å². The van der Waals surface area contributed by atoms with Crippen molar-refractivity contribution in [2.45, 2.75) is 32.9 Å². The molecule has 1 rings (SSSR count). The van der Waals surface area contributed by atoms with Crippen LogP contribution in [-0.2, 0) is 6.54 Å². The normalized spacial score (nSPS) is 11.4. The Bertz CT molecular complexity index is 429. The fraction of sp³-hybridized carbons (Fsp3) is 0.417. The molecule has 17 heavy (non-hydrogen) atoms. The third kappa shape index (κ3) is 3.43. The van der Waals surface area contributed by atoms with Crippen LogP contribution in [0.5, 0.6) is 0 Å². The van der Waals surface area contributed by atoms with Crippen LogP contribution in [0.3, 0.4) is 0 Å². The van der Waals surface area contributed by atoms with E-state index in [1.165, 1.54) is 0 Å². The van der Waals surface area contributed by atoms with Crippen molar-refractivity contribution in [3.63, 3.8) is 0 Å². The lowest BCUT2D eigenvalue weighted by atomic mass is 10.1. The summed E-state index contributed by atoms with van der Waals surface area (Å²) < 4.78 is 14.0. The SMILES string of the molecule is CC(C)(C)N(Cc1cccc(Br)c1F)C(=O)[O-]. The van der Waals surface area contributed by atoms with E-state index in [2.05, 4.69) is 15.9 Å². The highest BCUT2D eigenvalue weighted by atomic mass is 79.9. The number of nitrogens with zero attached hydrogens (tertiary/aromatic N) is 1. The molecule has 0 spiro atoms. The molecule has 3 nitrogen and oxygen atoms in total. The molecule has 5 heteroatoms. The van der Waals surface area contributed by atoms with Crippen molar-refractivity contribution in [2.24, 2.45) is 0 Å². The lowest BCUT2D eigenvalue weighted by Crippen LogP contribution is -2.51. The Hall–Kier alpha value is -1.10. The van der Waals surface area contributed by atoms with Gasteiger partial charge in [0.25, 0.3) is 0 Å². The molecule has 1 aromatic rings. The van der Waals surface area contributed by atoms with E-state index in [-0.39, 0.29) is 6.54 Å². The topological polar surface area (TPSA) is 43.4 Å². The first-order valence-electron chi connectivity index (χ1n) is 5.15. The fourth-order valence-corrected chi connectivity index (χ4v) is 1.82. The molecule has 0 atom stereocenters. The first-order valence-corrected chi connectivity index (χ1v) is 5.94. The number of rotatable bonds is 2. The molecule has 0 radical (unpaired) electrons. The van der Waals surface area contributed by atoms with Crippen LogP contribution >= 0.6 is 15.9 Å². The van der Waals surface area contributed by atoms with Gasteiger partial charge in [-0.1, -0.05) is 12.1 Å². The van der Waals surface area contributed by atoms with Crippen molar-refractivity contribution in [3.05, 3.63) is 34.1 Å². The number of benzene rings is 1. The van der Waals surface area contributed by atoms with Crippen LogP contribution < -0.4 is 5.11 Å². The first-order chi connectivity index (χ1) is 7.73. The Morgan fingerprint density at radius 2 is 2.06 bits per heavy atom. The highest BCUT2D eigenvalue weighted by molar-refractivity contribution is 9.10. The van der Waals surface area contributed by atoms with Gasteiger partial charge in [-0.2, -0.15) is 0 Å². The maximum atomic E-state index is 13.7. The molecule has 1 aromatic carbocycles. The Balaban J connectivity index is 3.03. The summed E-state index contributed by atoms with van der Waals surface area (Å²) in [5.41, 5.74) is -0.313. The molecular weight excluding hydrogens is 289 g/mol. The van der Waals surface area contributed by atoms with E-state index >= 15 is 0 Å². The summed E-state index contributed by atoms with van der Waals surface area (Å²) in [4.78, 5) is 12.1. The molecule has 0 fully saturated rings. The summed E-state index contributed by atoms with van der Waals surface area (Å²) in [7, 11) is 0. The number of carbonyl (C=O) groups is 1. The van der Waals surface area contributed by atoms with E-state index in [9.17, 15) is 14.3 Å². The molecule has 0 aromatic heterocycles. The Kier molecular flexibility index (Phi) is 4.14. The quantitative estimate of drug-likeness (QED) is 0.842. The van der Waals surface area contributed by atoms with E-state index in [0.29, 0.717) is 10.0 Å². The lowest BCUT2D eigenvalue weighted by molar-refractivity contribution is -0.271. The monoisotopic (exact) mass is 302 g/mol. The smallest absolute Gasteiger partial charge is 0.142 e. The van der Waals surface area contributed by atoms with E-state index in [1.54, 1.807) is 39.0 Å². The van der Waals surface area contributed by atoms with Gasteiger partial charge in [0.1, 0.15) is 11.9 Å². The zero-order valence-electron chi connectivity index (χ0n) is 9.96. The van der Waals surface area contributed by atoms with Gasteiger partial charge in [0.15, 0.2) is 0 Å². The first kappa shape index (κ1) is 14.0. The molecule has 0 aliphatic rings. The summed E-state index contributed by atoms with van der Waals surface area (Å²) in [6.45, 7) is 5.17. The van der Waals surface area contributed by atoms with Crippen molar-refractivity contribution in [1.82, 2.24) is 4.90 Å². The zero-order chi connectivity index (χ0) is 13.2. The van der Waals surface area contributed by atoms with Gasteiger partial charge in [-0.15, -0.1) is 0 Å². The van der Waals surface area contributed by atoms with E-state index in [0.717, 1.165) is 4.90 Å². The third-order valence-electron chi connectivity index (χ3n) is 2.39. The molecule has 94 valence electrons. The van der Waals surface area contributed by atoms with Crippen molar-refractivity contribution in [1.29, 1.82) is 0 Å². The summed E-state index contributed by atoms with van der Waals surface area (Å²) in [5.74, 6) is -0.442. The molecule has 0 saturated carbocycles. The third-order valence-corrected chi connectivity index (χ3v) is 3.00. The molecule has 0 heterocycles. The molecule has 0 saturated heterocycles. The fourth-order valence-electron chi connectivity index (χ4n) is 1.42. The molecule has 0 N–H and O–H groups in total. The van der Waals surface area contributed by atoms with Crippen LogP contribution in [0.25, 0.3) is 0 Å². The highest BCUT2D eigenvalue weighted by Crippen LogP contribution is 2.22. The van der Waals surface area contributed by atoms with Gasteiger partial charge in [-0.25, -0.2) is 4.39 Å². The van der Waals surface area contributed by atoms with Crippen LogP contribution in [0, 0.1) is 5.82 Å². The number of carboxylic acid groups (broad SMARTS) is 1. The van der Waals surface area contributed by atoms with Gasteiger partial charge < -0.3 is 14.8 Å². The van der Waals surface area contributed by atoms with E-state index < -0.39 is 17.4 Å². The summed E-state index contributed by atoms with van der Waals surface area (Å²) in [5, 5.41) is 11.0. The summed E-state index contributed by atoms with van der Waals surface area (Å²) in [6.07, 6.45) is -1.31. The zero-order valence-corrected chi connectivity index (χ0v) is 11.5. The number of amides is 1. The highest BCUT2D eigenvalue weighted by Gasteiger charge is 2.22. The van der Waals surface area contributed by atoms with E-state index in [1.807, 2.05) is 0 Å². The van der Waals surface area contributed by atoms with Gasteiger partial charge in [-0.05, 0) is 42.8 Å². The minimum atomic E-state index is -1.31. The maximum Gasteiger partial charge on any atom is 0.142 e. The Labute approximate surface area is 108 Å². The Morgan fingerprint density at radius 1 is 1.47 bits per heavy atom. The summed E-state index contributed by atoms with van der Waals surface area (Å²) in [6, 6.07) is 4.79. The van der Waals surface area contributed by atoms with Crippen LogP contribution in [0.4, 0.5) is 9.18 Å². The van der Waals surface area contributed by atoms with Gasteiger partial charge in [0.05, 0.1) is 4.47 Å². The van der Waals surface area contributed by atoms with E-state index in [4.69, 9.17) is 0 Å². The second-order valence-electron chi connectivity index (χ2n) is 4.74. The van der Waals surface area contributed by atoms with Crippen molar-refractivity contribution in [2.75, 3.05) is 0 Å². The Morgan fingerprint density at radius 3 is 2.53 bits per heavy atom. The minimum Gasteiger partial charge on any atom is -0.530 e. The largest absolute Gasteiger partial charge is 0.530 e. The van der Waals surface area contributed by atoms with Crippen LogP contribution in [0.1, 0.15) is 26.3 Å². The standard InChI is InChI=1S/C12H15BrFNO2/c1-12(2,3)15(11(16)17)7-8-5-4-6-9(13)10(8)14/h4-6H,7H2,1-3H3,(H,16,17)/p-1. The van der Waals surface area contributed by atoms with Gasteiger partial charge in [0, 0.05) is 17.6 Å². The maximum absolute atomic E-state index is 13.7. The number of hydrogen-bond donors (Lipinski definition) is 0. The van der Waals surface area contributed by atoms with Crippen molar-refractivity contribution < 1.29 is 14.3 Å². The van der Waals surface area contributed by atoms with Crippen LogP contribution in [-0.4, -0.2) is 16.5 Å². The van der Waals surface area contributed by atoms with Crippen molar-refractivity contribution >= 4 is 22.0 Å². The van der Waals surface area contributed by atoms with Gasteiger partial charge in [-0.3, -0.25) is 0 Å². The van der Waals surface area contributed by atoms with Gasteiger partial charge >= 0.3 is 0 Å². The average molecular weight is 303 g/mol. The molecule has 0 aliphatic carbocycles. The average Bonchev–Trinajstić information content (AvgIpc) is 2.17. The second kappa shape index (κ2) is 5.04. The molecule has 0 bridgehead atoms. The number of hydrogen-bond acceptors (Lipinski definition) is 2. The second-order valence-corrected chi connectivity index (χ2v) is 5.59. The summed E-state index contributed by atoms with van der Waals surface area (Å²) >= 11 is 3.07.